The second-order valence-electron chi connectivity index (χ2n) is 6.00. The lowest BCUT2D eigenvalue weighted by molar-refractivity contribution is 0.252. The number of aromatic nitrogens is 2. The monoisotopic (exact) mass is 369 g/mol. The number of rotatable bonds is 3. The lowest BCUT2D eigenvalue weighted by atomic mass is 10.1. The van der Waals surface area contributed by atoms with Gasteiger partial charge in [0.2, 0.25) is 0 Å². The van der Waals surface area contributed by atoms with Crippen LogP contribution in [0.2, 0.25) is 0 Å². The van der Waals surface area contributed by atoms with Crippen molar-refractivity contribution >= 4 is 38.5 Å². The van der Waals surface area contributed by atoms with Crippen LogP contribution in [-0.4, -0.2) is 42.7 Å². The fourth-order valence-corrected chi connectivity index (χ4v) is 3.69. The van der Waals surface area contributed by atoms with Crippen LogP contribution < -0.4 is 20.3 Å². The Balaban J connectivity index is 1.64. The standard InChI is InChI=1S/C18H19N5O2S/c1-3-19-17(24)22-18-21-13-8-11(4-5-15(13)26-18)12-9-14-16(20-10-12)23(2)6-7-25-14/h4-5,8-10H,3,6-7H2,1-2H3,(H2,19,21,22,24). The Bertz CT molecular complexity index is 971. The van der Waals surface area contributed by atoms with Gasteiger partial charge in [-0.15, -0.1) is 0 Å². The molecule has 4 rings (SSSR count). The van der Waals surface area contributed by atoms with Crippen LogP contribution in [0, 0.1) is 0 Å². The Kier molecular flexibility index (Phi) is 4.34. The van der Waals surface area contributed by atoms with E-state index in [1.54, 1.807) is 0 Å². The number of nitrogens with zero attached hydrogens (tertiary/aromatic N) is 3. The number of carbonyl (C=O) groups is 1. The maximum absolute atomic E-state index is 11.7. The summed E-state index contributed by atoms with van der Waals surface area (Å²) in [6.07, 6.45) is 1.85. The van der Waals surface area contributed by atoms with Gasteiger partial charge < -0.3 is 15.0 Å². The second kappa shape index (κ2) is 6.80. The van der Waals surface area contributed by atoms with Crippen molar-refractivity contribution in [3.05, 3.63) is 30.5 Å². The van der Waals surface area contributed by atoms with E-state index in [2.05, 4.69) is 25.5 Å². The highest BCUT2D eigenvalue weighted by Crippen LogP contribution is 2.34. The van der Waals surface area contributed by atoms with Crippen LogP contribution >= 0.6 is 11.3 Å². The molecule has 26 heavy (non-hydrogen) atoms. The minimum atomic E-state index is -0.244. The zero-order valence-corrected chi connectivity index (χ0v) is 15.4. The van der Waals surface area contributed by atoms with Crippen LogP contribution in [0.25, 0.3) is 21.3 Å². The maximum Gasteiger partial charge on any atom is 0.321 e. The molecule has 0 atom stereocenters. The molecule has 3 heterocycles. The number of urea groups is 1. The van der Waals surface area contributed by atoms with Crippen molar-refractivity contribution in [2.45, 2.75) is 6.92 Å². The molecular formula is C18H19N5O2S. The van der Waals surface area contributed by atoms with Gasteiger partial charge in [-0.1, -0.05) is 17.4 Å². The average molecular weight is 369 g/mol. The zero-order chi connectivity index (χ0) is 18.1. The molecule has 0 radical (unpaired) electrons. The van der Waals surface area contributed by atoms with Gasteiger partial charge in [-0.25, -0.2) is 14.8 Å². The topological polar surface area (TPSA) is 79.4 Å². The lowest BCUT2D eigenvalue weighted by Crippen LogP contribution is -2.29. The van der Waals surface area contributed by atoms with Gasteiger partial charge >= 0.3 is 6.03 Å². The Morgan fingerprint density at radius 1 is 1.35 bits per heavy atom. The Morgan fingerprint density at radius 3 is 3.08 bits per heavy atom. The van der Waals surface area contributed by atoms with Gasteiger partial charge in [0.05, 0.1) is 16.8 Å². The summed E-state index contributed by atoms with van der Waals surface area (Å²) < 4.78 is 6.76. The fourth-order valence-electron chi connectivity index (χ4n) is 2.85. The van der Waals surface area contributed by atoms with Gasteiger partial charge in [0.1, 0.15) is 6.61 Å². The van der Waals surface area contributed by atoms with Gasteiger partial charge in [0.15, 0.2) is 16.7 Å². The number of thiazole rings is 1. The molecule has 0 unspecified atom stereocenters. The first-order chi connectivity index (χ1) is 12.6. The zero-order valence-electron chi connectivity index (χ0n) is 14.6. The van der Waals surface area contributed by atoms with Gasteiger partial charge in [-0.3, -0.25) is 5.32 Å². The first-order valence-corrected chi connectivity index (χ1v) is 9.25. The molecule has 0 saturated carbocycles. The molecule has 0 fully saturated rings. The molecule has 2 amide bonds. The van der Waals surface area contributed by atoms with E-state index in [9.17, 15) is 4.79 Å². The first kappa shape index (κ1) is 16.6. The molecule has 0 aliphatic carbocycles. The summed E-state index contributed by atoms with van der Waals surface area (Å²) in [5.41, 5.74) is 2.83. The molecule has 1 aromatic carbocycles. The number of pyridine rings is 1. The molecule has 3 aromatic rings. The highest BCUT2D eigenvalue weighted by molar-refractivity contribution is 7.22. The quantitative estimate of drug-likeness (QED) is 0.740. The third kappa shape index (κ3) is 3.15. The van der Waals surface area contributed by atoms with Gasteiger partial charge in [0.25, 0.3) is 0 Å². The van der Waals surface area contributed by atoms with Crippen molar-refractivity contribution in [2.75, 3.05) is 37.0 Å². The van der Waals surface area contributed by atoms with E-state index in [0.717, 1.165) is 39.5 Å². The summed E-state index contributed by atoms with van der Waals surface area (Å²) in [6.45, 7) is 3.95. The number of benzene rings is 1. The molecule has 2 N–H and O–H groups in total. The largest absolute Gasteiger partial charge is 0.488 e. The molecular weight excluding hydrogens is 350 g/mol. The van der Waals surface area contributed by atoms with Crippen LogP contribution in [0.3, 0.4) is 0 Å². The SMILES string of the molecule is CCNC(=O)Nc1nc2cc(-c3cnc4c(c3)OCCN4C)ccc2s1. The Hall–Kier alpha value is -2.87. The minimum Gasteiger partial charge on any atom is -0.488 e. The molecule has 1 aliphatic heterocycles. The summed E-state index contributed by atoms with van der Waals surface area (Å²) in [5.74, 6) is 1.66. The number of likely N-dealkylation sites (N-methyl/N-ethyl adjacent to an activating group) is 1. The number of ether oxygens (including phenoxy) is 1. The third-order valence-corrected chi connectivity index (χ3v) is 5.11. The van der Waals surface area contributed by atoms with Crippen molar-refractivity contribution in [1.82, 2.24) is 15.3 Å². The van der Waals surface area contributed by atoms with Crippen LogP contribution in [0.15, 0.2) is 30.5 Å². The summed E-state index contributed by atoms with van der Waals surface area (Å²) in [7, 11) is 2.01. The van der Waals surface area contributed by atoms with Crippen molar-refractivity contribution in [3.63, 3.8) is 0 Å². The molecule has 0 spiro atoms. The number of hydrogen-bond donors (Lipinski definition) is 2. The molecule has 1 aliphatic rings. The van der Waals surface area contributed by atoms with Gasteiger partial charge in [-0.2, -0.15) is 0 Å². The highest BCUT2D eigenvalue weighted by atomic mass is 32.1. The van der Waals surface area contributed by atoms with Crippen LogP contribution in [0.1, 0.15) is 6.92 Å². The van der Waals surface area contributed by atoms with Gasteiger partial charge in [-0.05, 0) is 30.7 Å². The Morgan fingerprint density at radius 2 is 2.23 bits per heavy atom. The number of amides is 2. The van der Waals surface area contributed by atoms with Crippen LogP contribution in [0.4, 0.5) is 15.7 Å². The molecule has 134 valence electrons. The minimum absolute atomic E-state index is 0.244. The molecule has 2 aromatic heterocycles. The van der Waals surface area contributed by atoms with Crippen molar-refractivity contribution < 1.29 is 9.53 Å². The van der Waals surface area contributed by atoms with E-state index in [1.165, 1.54) is 11.3 Å². The smallest absolute Gasteiger partial charge is 0.321 e. The molecule has 7 nitrogen and oxygen atoms in total. The summed E-state index contributed by atoms with van der Waals surface area (Å²) in [4.78, 5) is 22.8. The average Bonchev–Trinajstić information content (AvgIpc) is 3.03. The third-order valence-electron chi connectivity index (χ3n) is 4.16. The van der Waals surface area contributed by atoms with E-state index in [4.69, 9.17) is 4.74 Å². The number of carbonyl (C=O) groups excluding carboxylic acids is 1. The van der Waals surface area contributed by atoms with Crippen molar-refractivity contribution in [3.8, 4) is 16.9 Å². The van der Waals surface area contributed by atoms with Crippen molar-refractivity contribution in [1.29, 1.82) is 0 Å². The maximum atomic E-state index is 11.7. The highest BCUT2D eigenvalue weighted by Gasteiger charge is 2.17. The summed E-state index contributed by atoms with van der Waals surface area (Å²) in [5, 5.41) is 6.04. The van der Waals surface area contributed by atoms with E-state index in [0.29, 0.717) is 18.3 Å². The van der Waals surface area contributed by atoms with Gasteiger partial charge in [0, 0.05) is 25.4 Å². The molecule has 0 bridgehead atoms. The number of nitrogens with one attached hydrogen (secondary N) is 2. The van der Waals surface area contributed by atoms with Crippen LogP contribution in [0.5, 0.6) is 5.75 Å². The predicted octanol–water partition coefficient (Wildman–Crippen LogP) is 3.33. The normalized spacial score (nSPS) is 13.2. The van der Waals surface area contributed by atoms with E-state index < -0.39 is 0 Å². The van der Waals surface area contributed by atoms with E-state index >= 15 is 0 Å². The summed E-state index contributed by atoms with van der Waals surface area (Å²) >= 11 is 1.45. The molecule has 0 saturated heterocycles. The second-order valence-corrected chi connectivity index (χ2v) is 7.03. The Labute approximate surface area is 155 Å². The number of hydrogen-bond acceptors (Lipinski definition) is 6. The van der Waals surface area contributed by atoms with Crippen molar-refractivity contribution in [2.24, 2.45) is 0 Å². The number of anilines is 2. The predicted molar refractivity (Wildman–Crippen MR) is 104 cm³/mol. The lowest BCUT2D eigenvalue weighted by Gasteiger charge is -2.26. The summed E-state index contributed by atoms with van der Waals surface area (Å²) in [6, 6.07) is 7.82. The fraction of sp³-hybridized carbons (Fsp3) is 0.278. The van der Waals surface area contributed by atoms with Crippen LogP contribution in [-0.2, 0) is 0 Å². The van der Waals surface area contributed by atoms with E-state index in [-0.39, 0.29) is 6.03 Å². The number of fused-ring (bicyclic) bond motifs is 2. The first-order valence-electron chi connectivity index (χ1n) is 8.44. The molecule has 8 heteroatoms. The van der Waals surface area contributed by atoms with E-state index in [1.807, 2.05) is 44.4 Å².